The molecule has 0 aromatic heterocycles. The van der Waals surface area contributed by atoms with Gasteiger partial charge in [-0.2, -0.15) is 5.26 Å². The van der Waals surface area contributed by atoms with Crippen molar-refractivity contribution in [3.8, 4) is 17.2 Å². The molecule has 1 radical (unpaired) electrons. The van der Waals surface area contributed by atoms with Gasteiger partial charge >= 0.3 is 0 Å². The second-order valence-corrected chi connectivity index (χ2v) is 3.93. The van der Waals surface area contributed by atoms with Gasteiger partial charge in [0, 0.05) is 10.6 Å². The average molecular weight is 227 g/mol. The molecule has 2 aromatic carbocycles. The zero-order chi connectivity index (χ0) is 11.5. The summed E-state index contributed by atoms with van der Waals surface area (Å²) in [6, 6.07) is 16.3. The summed E-state index contributed by atoms with van der Waals surface area (Å²) in [6.45, 7) is 1.96. The number of benzene rings is 2. The highest BCUT2D eigenvalue weighted by atomic mass is 35.5. The summed E-state index contributed by atoms with van der Waals surface area (Å²) in [5.41, 5.74) is 3.53. The van der Waals surface area contributed by atoms with Crippen LogP contribution in [-0.4, -0.2) is 0 Å². The van der Waals surface area contributed by atoms with Gasteiger partial charge in [0.1, 0.15) is 0 Å². The first-order valence-electron chi connectivity index (χ1n) is 4.89. The van der Waals surface area contributed by atoms with Crippen molar-refractivity contribution < 1.29 is 0 Å². The second-order valence-electron chi connectivity index (χ2n) is 3.52. The molecular weight excluding hydrogens is 218 g/mol. The number of hydrogen-bond acceptors (Lipinski definition) is 1. The molecule has 1 nitrogen and oxygen atoms in total. The first-order chi connectivity index (χ1) is 7.72. The van der Waals surface area contributed by atoms with E-state index >= 15 is 0 Å². The Balaban J connectivity index is 2.64. The van der Waals surface area contributed by atoms with E-state index in [4.69, 9.17) is 16.9 Å². The Labute approximate surface area is 99.9 Å². The van der Waals surface area contributed by atoms with Crippen LogP contribution in [0.5, 0.6) is 0 Å². The summed E-state index contributed by atoms with van der Waals surface area (Å²) >= 11 is 6.16. The molecule has 0 aliphatic rings. The van der Waals surface area contributed by atoms with Crippen LogP contribution in [0, 0.1) is 24.3 Å². The van der Waals surface area contributed by atoms with Crippen LogP contribution in [-0.2, 0) is 0 Å². The van der Waals surface area contributed by atoms with E-state index in [1.807, 2.05) is 31.2 Å². The van der Waals surface area contributed by atoms with Crippen LogP contribution in [0.1, 0.15) is 11.1 Å². The zero-order valence-corrected chi connectivity index (χ0v) is 9.55. The third-order valence-corrected chi connectivity index (χ3v) is 2.74. The van der Waals surface area contributed by atoms with Crippen LogP contribution < -0.4 is 0 Å². The van der Waals surface area contributed by atoms with Gasteiger partial charge in [-0.05, 0) is 42.3 Å². The van der Waals surface area contributed by atoms with E-state index < -0.39 is 0 Å². The molecule has 0 saturated heterocycles. The molecule has 2 rings (SSSR count). The van der Waals surface area contributed by atoms with E-state index in [1.165, 1.54) is 0 Å². The highest BCUT2D eigenvalue weighted by Gasteiger charge is 2.06. The lowest BCUT2D eigenvalue weighted by atomic mass is 9.99. The van der Waals surface area contributed by atoms with Gasteiger partial charge in [-0.15, -0.1) is 0 Å². The number of rotatable bonds is 1. The summed E-state index contributed by atoms with van der Waals surface area (Å²) < 4.78 is 0. The zero-order valence-electron chi connectivity index (χ0n) is 8.79. The molecule has 0 N–H and O–H groups in total. The number of hydrogen-bond donors (Lipinski definition) is 0. The molecule has 0 unspecified atom stereocenters. The smallest absolute Gasteiger partial charge is 0.0991 e. The van der Waals surface area contributed by atoms with E-state index in [2.05, 4.69) is 12.1 Å². The number of nitrogens with zero attached hydrogens (tertiary/aromatic N) is 1. The molecule has 2 aromatic rings. The van der Waals surface area contributed by atoms with Crippen molar-refractivity contribution in [3.63, 3.8) is 0 Å². The molecule has 0 aliphatic carbocycles. The Bertz CT molecular complexity index is 547. The highest BCUT2D eigenvalue weighted by molar-refractivity contribution is 6.33. The monoisotopic (exact) mass is 226 g/mol. The van der Waals surface area contributed by atoms with Crippen molar-refractivity contribution in [3.05, 3.63) is 58.6 Å². The maximum absolute atomic E-state index is 8.86. The molecule has 0 spiro atoms. The van der Waals surface area contributed by atoms with Crippen LogP contribution >= 0.6 is 11.6 Å². The first-order valence-corrected chi connectivity index (χ1v) is 5.27. The third-order valence-electron chi connectivity index (χ3n) is 2.42. The lowest BCUT2D eigenvalue weighted by molar-refractivity contribution is 1.43. The molecular formula is C14H9ClN. The van der Waals surface area contributed by atoms with Gasteiger partial charge in [0.05, 0.1) is 11.6 Å². The fourth-order valence-electron chi connectivity index (χ4n) is 1.67. The largest absolute Gasteiger partial charge is 0.192 e. The summed E-state index contributed by atoms with van der Waals surface area (Å²) in [6.07, 6.45) is 0. The third kappa shape index (κ3) is 1.93. The molecule has 0 aliphatic heterocycles. The Morgan fingerprint density at radius 1 is 1.31 bits per heavy atom. The van der Waals surface area contributed by atoms with Gasteiger partial charge in [0.2, 0.25) is 0 Å². The van der Waals surface area contributed by atoms with Crippen molar-refractivity contribution in [1.82, 2.24) is 0 Å². The molecule has 0 saturated carbocycles. The van der Waals surface area contributed by atoms with Crippen LogP contribution in [0.25, 0.3) is 11.1 Å². The molecule has 0 atom stereocenters. The van der Waals surface area contributed by atoms with Crippen molar-refractivity contribution in [2.45, 2.75) is 6.92 Å². The number of halogens is 1. The van der Waals surface area contributed by atoms with Crippen LogP contribution in [0.3, 0.4) is 0 Å². The Kier molecular flexibility index (Phi) is 2.94. The topological polar surface area (TPSA) is 23.8 Å². The van der Waals surface area contributed by atoms with Gasteiger partial charge < -0.3 is 0 Å². The molecule has 0 bridgehead atoms. The molecule has 0 fully saturated rings. The summed E-state index contributed by atoms with van der Waals surface area (Å²) in [5, 5.41) is 9.54. The van der Waals surface area contributed by atoms with Gasteiger partial charge in [-0.3, -0.25) is 0 Å². The molecule has 0 amide bonds. The predicted molar refractivity (Wildman–Crippen MR) is 65.2 cm³/mol. The van der Waals surface area contributed by atoms with E-state index in [0.717, 1.165) is 16.7 Å². The molecule has 2 heteroatoms. The quantitative estimate of drug-likeness (QED) is 0.721. The fourth-order valence-corrected chi connectivity index (χ4v) is 1.99. The molecule has 77 valence electrons. The Morgan fingerprint density at radius 2 is 2.12 bits per heavy atom. The Morgan fingerprint density at radius 3 is 2.81 bits per heavy atom. The Hall–Kier alpha value is -1.78. The summed E-state index contributed by atoms with van der Waals surface area (Å²) in [5.74, 6) is 0. The summed E-state index contributed by atoms with van der Waals surface area (Å²) in [7, 11) is 0. The van der Waals surface area contributed by atoms with Crippen LogP contribution in [0.2, 0.25) is 5.02 Å². The average Bonchev–Trinajstić information content (AvgIpc) is 2.29. The van der Waals surface area contributed by atoms with Crippen LogP contribution in [0.4, 0.5) is 0 Å². The van der Waals surface area contributed by atoms with Crippen molar-refractivity contribution >= 4 is 11.6 Å². The lowest BCUT2D eigenvalue weighted by Crippen LogP contribution is -1.86. The van der Waals surface area contributed by atoms with Crippen molar-refractivity contribution in [1.29, 1.82) is 5.26 Å². The van der Waals surface area contributed by atoms with E-state index in [9.17, 15) is 0 Å². The summed E-state index contributed by atoms with van der Waals surface area (Å²) in [4.78, 5) is 0. The van der Waals surface area contributed by atoms with Crippen LogP contribution in [0.15, 0.2) is 36.4 Å². The molecule has 16 heavy (non-hydrogen) atoms. The first kappa shape index (κ1) is 10.7. The van der Waals surface area contributed by atoms with Crippen molar-refractivity contribution in [2.75, 3.05) is 0 Å². The second kappa shape index (κ2) is 4.38. The van der Waals surface area contributed by atoms with E-state index in [-0.39, 0.29) is 0 Å². The number of aryl methyl sites for hydroxylation is 1. The predicted octanol–water partition coefficient (Wildman–Crippen LogP) is 3.99. The van der Waals surface area contributed by atoms with E-state index in [1.54, 1.807) is 12.1 Å². The van der Waals surface area contributed by atoms with Crippen molar-refractivity contribution in [2.24, 2.45) is 0 Å². The van der Waals surface area contributed by atoms with E-state index in [0.29, 0.717) is 10.6 Å². The highest BCUT2D eigenvalue weighted by Crippen LogP contribution is 2.30. The lowest BCUT2D eigenvalue weighted by Gasteiger charge is -2.08. The number of nitriles is 1. The minimum atomic E-state index is 0.636. The van der Waals surface area contributed by atoms with Gasteiger partial charge in [0.25, 0.3) is 0 Å². The normalized spacial score (nSPS) is 9.81. The fraction of sp³-hybridized carbons (Fsp3) is 0.0714. The molecule has 0 heterocycles. The maximum Gasteiger partial charge on any atom is 0.0991 e. The SMILES string of the molecule is Cc1[c]ccc(Cl)c1-c1cccc(C#N)c1. The van der Waals surface area contributed by atoms with Gasteiger partial charge in [-0.25, -0.2) is 0 Å². The maximum atomic E-state index is 8.86. The minimum Gasteiger partial charge on any atom is -0.192 e. The van der Waals surface area contributed by atoms with Gasteiger partial charge in [-0.1, -0.05) is 29.8 Å². The standard InChI is InChI=1S/C14H9ClN/c1-10-4-2-7-13(15)14(10)12-6-3-5-11(8-12)9-16/h2-3,5-8H,1H3. The minimum absolute atomic E-state index is 0.636. The van der Waals surface area contributed by atoms with Gasteiger partial charge in [0.15, 0.2) is 0 Å².